The zero-order valence-electron chi connectivity index (χ0n) is 20.4. The van der Waals surface area contributed by atoms with Crippen LogP contribution in [0, 0.1) is 6.92 Å². The number of aryl methyl sites for hydroxylation is 1. The molecule has 0 aliphatic carbocycles. The quantitative estimate of drug-likeness (QED) is 0.182. The van der Waals surface area contributed by atoms with Crippen LogP contribution in [0.1, 0.15) is 28.8 Å². The second-order valence-electron chi connectivity index (χ2n) is 8.97. The van der Waals surface area contributed by atoms with Crippen LogP contribution in [0.2, 0.25) is 0 Å². The van der Waals surface area contributed by atoms with Gasteiger partial charge in [-0.25, -0.2) is 4.98 Å². The van der Waals surface area contributed by atoms with Crippen molar-refractivity contribution >= 4 is 23.1 Å². The third-order valence-corrected chi connectivity index (χ3v) is 6.53. The van der Waals surface area contributed by atoms with Crippen LogP contribution in [0.15, 0.2) is 107 Å². The van der Waals surface area contributed by atoms with Gasteiger partial charge in [0.25, 0.3) is 11.7 Å². The van der Waals surface area contributed by atoms with Gasteiger partial charge >= 0.3 is 0 Å². The number of aliphatic hydroxyl groups excluding tert-OH is 1. The number of likely N-dealkylation sites (tertiary alicyclic amines) is 1. The minimum absolute atomic E-state index is 0.0211. The number of fused-ring (bicyclic) bond motifs is 1. The van der Waals surface area contributed by atoms with Crippen LogP contribution in [0.25, 0.3) is 11.4 Å². The van der Waals surface area contributed by atoms with Crippen molar-refractivity contribution < 1.29 is 23.8 Å². The van der Waals surface area contributed by atoms with Gasteiger partial charge in [0.1, 0.15) is 28.6 Å². The summed E-state index contributed by atoms with van der Waals surface area (Å²) in [5.74, 6) is -0.105. The number of hydrogen-bond donors (Lipinski definition) is 1. The second-order valence-corrected chi connectivity index (χ2v) is 8.97. The first-order chi connectivity index (χ1) is 18.5. The lowest BCUT2D eigenvalue weighted by Gasteiger charge is -2.25. The molecule has 1 aliphatic heterocycles. The first kappa shape index (κ1) is 23.3. The number of Topliss-reactive ketones (excluding diaryl/α,β-unsaturated/α-hetero) is 1. The van der Waals surface area contributed by atoms with Crippen molar-refractivity contribution in [1.29, 1.82) is 0 Å². The molecule has 0 saturated carbocycles. The number of amides is 1. The first-order valence-electron chi connectivity index (χ1n) is 12.1. The highest BCUT2D eigenvalue weighted by atomic mass is 16.5. The van der Waals surface area contributed by atoms with Crippen molar-refractivity contribution in [2.24, 2.45) is 0 Å². The van der Waals surface area contributed by atoms with E-state index in [9.17, 15) is 14.7 Å². The maximum atomic E-state index is 13.5. The number of ether oxygens (including phenoxy) is 1. The van der Waals surface area contributed by atoms with E-state index in [4.69, 9.17) is 9.15 Å². The van der Waals surface area contributed by atoms with E-state index in [1.165, 1.54) is 11.2 Å². The molecule has 4 heterocycles. The lowest BCUT2D eigenvalue weighted by atomic mass is 9.96. The molecule has 1 atom stereocenters. The summed E-state index contributed by atoms with van der Waals surface area (Å²) >= 11 is 0. The fourth-order valence-electron chi connectivity index (χ4n) is 4.86. The molecule has 6 rings (SSSR count). The number of aromatic nitrogens is 2. The Hall–Kier alpha value is -5.11. The zero-order chi connectivity index (χ0) is 26.2. The molecular formula is C30H23N3O5. The maximum absolute atomic E-state index is 13.5. The van der Waals surface area contributed by atoms with Crippen molar-refractivity contribution in [3.05, 3.63) is 126 Å². The minimum atomic E-state index is -0.881. The zero-order valence-corrected chi connectivity index (χ0v) is 20.4. The molecule has 3 aromatic heterocycles. The third-order valence-electron chi connectivity index (χ3n) is 6.53. The number of carbonyl (C=O) groups is 2. The van der Waals surface area contributed by atoms with E-state index < -0.39 is 17.7 Å². The normalized spacial score (nSPS) is 16.9. The number of aliphatic hydroxyl groups is 1. The lowest BCUT2D eigenvalue weighted by Crippen LogP contribution is -2.29. The second kappa shape index (κ2) is 9.40. The molecular weight excluding hydrogens is 482 g/mol. The van der Waals surface area contributed by atoms with Gasteiger partial charge in [-0.1, -0.05) is 36.4 Å². The SMILES string of the molecule is Cc1nc2ccccn2c1C(O)=C1C(=O)C(=O)N(Cc2ccco2)C1c1cccc(Oc2ccccc2)c1. The van der Waals surface area contributed by atoms with E-state index in [2.05, 4.69) is 4.98 Å². The number of pyridine rings is 1. The minimum Gasteiger partial charge on any atom is -0.505 e. The predicted octanol–water partition coefficient (Wildman–Crippen LogP) is 5.65. The van der Waals surface area contributed by atoms with Gasteiger partial charge < -0.3 is 19.2 Å². The van der Waals surface area contributed by atoms with Crippen LogP contribution in [-0.2, 0) is 16.1 Å². The number of rotatable bonds is 6. The summed E-state index contributed by atoms with van der Waals surface area (Å²) < 4.78 is 13.2. The first-order valence-corrected chi connectivity index (χ1v) is 12.1. The number of nitrogens with zero attached hydrogens (tertiary/aromatic N) is 3. The molecule has 1 amide bonds. The third kappa shape index (κ3) is 4.02. The summed E-state index contributed by atoms with van der Waals surface area (Å²) in [6.45, 7) is 1.80. The summed E-state index contributed by atoms with van der Waals surface area (Å²) in [6, 6.07) is 24.5. The van der Waals surface area contributed by atoms with Crippen LogP contribution < -0.4 is 4.74 Å². The van der Waals surface area contributed by atoms with Crippen LogP contribution in [0.4, 0.5) is 0 Å². The molecule has 1 N–H and O–H groups in total. The Kier molecular flexibility index (Phi) is 5.76. The summed E-state index contributed by atoms with van der Waals surface area (Å²) in [5.41, 5.74) is 2.10. The highest BCUT2D eigenvalue weighted by molar-refractivity contribution is 6.46. The number of furan rings is 1. The number of carbonyl (C=O) groups excluding carboxylic acids is 2. The van der Waals surface area contributed by atoms with Crippen LogP contribution in [-0.4, -0.2) is 31.1 Å². The van der Waals surface area contributed by atoms with E-state index in [0.29, 0.717) is 39.9 Å². The van der Waals surface area contributed by atoms with Crippen molar-refractivity contribution in [3.63, 3.8) is 0 Å². The van der Waals surface area contributed by atoms with Gasteiger partial charge in [0.2, 0.25) is 0 Å². The van der Waals surface area contributed by atoms with E-state index >= 15 is 0 Å². The molecule has 188 valence electrons. The average Bonchev–Trinajstić information content (AvgIpc) is 3.62. The molecule has 0 spiro atoms. The highest BCUT2D eigenvalue weighted by Gasteiger charge is 2.47. The Morgan fingerprint density at radius 1 is 0.974 bits per heavy atom. The molecule has 8 heteroatoms. The summed E-state index contributed by atoms with van der Waals surface area (Å²) in [7, 11) is 0. The topological polar surface area (TPSA) is 97.3 Å². The molecule has 0 radical (unpaired) electrons. The van der Waals surface area contributed by atoms with E-state index in [0.717, 1.165) is 0 Å². The number of hydrogen-bond acceptors (Lipinski definition) is 6. The maximum Gasteiger partial charge on any atom is 0.296 e. The van der Waals surface area contributed by atoms with Gasteiger partial charge in [-0.05, 0) is 61.0 Å². The summed E-state index contributed by atoms with van der Waals surface area (Å²) in [5, 5.41) is 11.6. The predicted molar refractivity (Wildman–Crippen MR) is 139 cm³/mol. The van der Waals surface area contributed by atoms with Gasteiger partial charge in [-0.2, -0.15) is 0 Å². The van der Waals surface area contributed by atoms with Gasteiger partial charge in [-0.3, -0.25) is 14.0 Å². The largest absolute Gasteiger partial charge is 0.505 e. The van der Waals surface area contributed by atoms with Crippen molar-refractivity contribution in [2.75, 3.05) is 0 Å². The van der Waals surface area contributed by atoms with E-state index in [-0.39, 0.29) is 17.9 Å². The van der Waals surface area contributed by atoms with Crippen LogP contribution in [0.3, 0.4) is 0 Å². The summed E-state index contributed by atoms with van der Waals surface area (Å²) in [6.07, 6.45) is 3.27. The van der Waals surface area contributed by atoms with Crippen molar-refractivity contribution in [3.8, 4) is 11.5 Å². The Labute approximate surface area is 218 Å². The lowest BCUT2D eigenvalue weighted by molar-refractivity contribution is -0.140. The van der Waals surface area contributed by atoms with Crippen molar-refractivity contribution in [2.45, 2.75) is 19.5 Å². The summed E-state index contributed by atoms with van der Waals surface area (Å²) in [4.78, 5) is 32.8. The number of ketones is 1. The monoisotopic (exact) mass is 505 g/mol. The highest BCUT2D eigenvalue weighted by Crippen LogP contribution is 2.42. The Balaban J connectivity index is 1.51. The fraction of sp³-hybridized carbons (Fsp3) is 0.100. The smallest absolute Gasteiger partial charge is 0.296 e. The van der Waals surface area contributed by atoms with Crippen LogP contribution >= 0.6 is 0 Å². The molecule has 0 bridgehead atoms. The molecule has 1 aliphatic rings. The number of imidazole rings is 1. The molecule has 5 aromatic rings. The van der Waals surface area contributed by atoms with E-state index in [1.54, 1.807) is 60.0 Å². The van der Waals surface area contributed by atoms with Crippen molar-refractivity contribution in [1.82, 2.24) is 14.3 Å². The molecule has 1 saturated heterocycles. The van der Waals surface area contributed by atoms with Gasteiger partial charge in [-0.15, -0.1) is 0 Å². The molecule has 1 unspecified atom stereocenters. The molecule has 2 aromatic carbocycles. The van der Waals surface area contributed by atoms with Gasteiger partial charge in [0.05, 0.1) is 30.1 Å². The molecule has 38 heavy (non-hydrogen) atoms. The Morgan fingerprint density at radius 2 is 1.76 bits per heavy atom. The van der Waals surface area contributed by atoms with E-state index in [1.807, 2.05) is 42.5 Å². The average molecular weight is 506 g/mol. The molecule has 8 nitrogen and oxygen atoms in total. The fourth-order valence-corrected chi connectivity index (χ4v) is 4.86. The van der Waals surface area contributed by atoms with Gasteiger partial charge in [0.15, 0.2) is 5.76 Å². The standard InChI is InChI=1S/C30H23N3O5/c1-19-26(32-15-6-5-14-24(32)31-19)28(34)25-27(33(30(36)29(25)35)18-23-13-8-16-37-23)20-9-7-12-22(17-20)38-21-10-3-2-4-11-21/h2-17,27,34H,18H2,1H3. The Morgan fingerprint density at radius 3 is 2.55 bits per heavy atom. The Bertz CT molecular complexity index is 1690. The van der Waals surface area contributed by atoms with Gasteiger partial charge in [0, 0.05) is 6.20 Å². The molecule has 1 fully saturated rings. The van der Waals surface area contributed by atoms with Crippen LogP contribution in [0.5, 0.6) is 11.5 Å². The number of benzene rings is 2. The number of para-hydroxylation sites is 1.